The zero-order valence-electron chi connectivity index (χ0n) is 23.2. The number of hydrogen-bond donors (Lipinski definition) is 1. The number of carbonyl (C=O) groups excluding carboxylic acids is 1. The molecule has 2 aromatic heterocycles. The van der Waals surface area contributed by atoms with Crippen molar-refractivity contribution in [2.75, 3.05) is 25.3 Å². The summed E-state index contributed by atoms with van der Waals surface area (Å²) in [5.41, 5.74) is 5.63. The Labute approximate surface area is 251 Å². The van der Waals surface area contributed by atoms with Crippen molar-refractivity contribution >= 4 is 44.9 Å². The normalized spacial score (nSPS) is 11.0. The number of aromatic nitrogens is 4. The molecule has 4 aromatic carbocycles. The van der Waals surface area contributed by atoms with Crippen LogP contribution in [0, 0.1) is 6.92 Å². The minimum atomic E-state index is -0.143. The van der Waals surface area contributed by atoms with Gasteiger partial charge < -0.3 is 14.8 Å². The van der Waals surface area contributed by atoms with Gasteiger partial charge in [0.2, 0.25) is 5.91 Å². The number of benzene rings is 4. The maximum atomic E-state index is 12.9. The second-order valence-electron chi connectivity index (χ2n) is 9.48. The molecule has 0 spiro atoms. The summed E-state index contributed by atoms with van der Waals surface area (Å²) in [6.07, 6.45) is 0. The van der Waals surface area contributed by atoms with Gasteiger partial charge in [0.05, 0.1) is 30.2 Å². The van der Waals surface area contributed by atoms with Crippen molar-refractivity contribution in [2.24, 2.45) is 0 Å². The highest BCUT2D eigenvalue weighted by Crippen LogP contribution is 2.32. The first kappa shape index (κ1) is 27.5. The minimum Gasteiger partial charge on any atom is -0.497 e. The zero-order chi connectivity index (χ0) is 29.1. The van der Waals surface area contributed by atoms with Gasteiger partial charge in [0.15, 0.2) is 11.0 Å². The molecule has 0 saturated carbocycles. The molecule has 210 valence electrons. The molecule has 8 nitrogen and oxygen atoms in total. The summed E-state index contributed by atoms with van der Waals surface area (Å²) in [4.78, 5) is 17.7. The van der Waals surface area contributed by atoms with E-state index in [-0.39, 0.29) is 11.7 Å². The summed E-state index contributed by atoms with van der Waals surface area (Å²) in [6.45, 7) is 2.08. The van der Waals surface area contributed by atoms with Crippen LogP contribution in [0.2, 0.25) is 0 Å². The van der Waals surface area contributed by atoms with Crippen LogP contribution in [0.25, 0.3) is 37.9 Å². The van der Waals surface area contributed by atoms with Gasteiger partial charge in [0.1, 0.15) is 16.5 Å². The number of nitrogens with one attached hydrogen (secondary N) is 1. The topological polar surface area (TPSA) is 91.2 Å². The summed E-state index contributed by atoms with van der Waals surface area (Å²) < 4.78 is 13.8. The van der Waals surface area contributed by atoms with Gasteiger partial charge in [-0.15, -0.1) is 21.5 Å². The molecule has 42 heavy (non-hydrogen) atoms. The molecule has 1 N–H and O–H groups in total. The van der Waals surface area contributed by atoms with Crippen LogP contribution < -0.4 is 14.8 Å². The van der Waals surface area contributed by atoms with E-state index in [0.29, 0.717) is 11.0 Å². The number of anilines is 1. The van der Waals surface area contributed by atoms with Crippen molar-refractivity contribution in [3.8, 4) is 39.1 Å². The van der Waals surface area contributed by atoms with Gasteiger partial charge in [-0.1, -0.05) is 30.0 Å². The predicted molar refractivity (Wildman–Crippen MR) is 169 cm³/mol. The average molecular weight is 594 g/mol. The van der Waals surface area contributed by atoms with Crippen molar-refractivity contribution in [2.45, 2.75) is 12.1 Å². The largest absolute Gasteiger partial charge is 0.497 e. The Bertz CT molecular complexity index is 1860. The molecule has 0 unspecified atom stereocenters. The molecule has 0 bridgehead atoms. The maximum absolute atomic E-state index is 12.9. The predicted octanol–water partition coefficient (Wildman–Crippen LogP) is 7.27. The number of hydrogen-bond acceptors (Lipinski definition) is 8. The SMILES string of the molecule is COc1ccc(-n2c(SCC(=O)Nc3ccc(-c4nc5ccc(C)cc5s4)cc3)nnc2-c2cccc(OC)c2)cc1. The highest BCUT2D eigenvalue weighted by molar-refractivity contribution is 7.99. The maximum Gasteiger partial charge on any atom is 0.234 e. The molecule has 0 atom stereocenters. The van der Waals surface area contributed by atoms with Crippen molar-refractivity contribution in [1.29, 1.82) is 0 Å². The Kier molecular flexibility index (Phi) is 7.89. The highest BCUT2D eigenvalue weighted by atomic mass is 32.2. The van der Waals surface area contributed by atoms with E-state index in [4.69, 9.17) is 14.5 Å². The lowest BCUT2D eigenvalue weighted by Gasteiger charge is -2.12. The molecule has 6 aromatic rings. The molecule has 0 aliphatic rings. The number of carbonyl (C=O) groups is 1. The van der Waals surface area contributed by atoms with Crippen LogP contribution in [-0.4, -0.2) is 45.6 Å². The Morgan fingerprint density at radius 3 is 2.43 bits per heavy atom. The van der Waals surface area contributed by atoms with Gasteiger partial charge in [0, 0.05) is 22.5 Å². The minimum absolute atomic E-state index is 0.143. The van der Waals surface area contributed by atoms with E-state index in [1.165, 1.54) is 17.3 Å². The molecule has 2 heterocycles. The Balaban J connectivity index is 1.18. The first-order valence-electron chi connectivity index (χ1n) is 13.2. The van der Waals surface area contributed by atoms with Crippen molar-refractivity contribution in [1.82, 2.24) is 19.7 Å². The first-order chi connectivity index (χ1) is 20.5. The van der Waals surface area contributed by atoms with Crippen LogP contribution in [0.3, 0.4) is 0 Å². The Morgan fingerprint density at radius 1 is 0.881 bits per heavy atom. The fraction of sp³-hybridized carbons (Fsp3) is 0.125. The smallest absolute Gasteiger partial charge is 0.234 e. The van der Waals surface area contributed by atoms with Gasteiger partial charge in [-0.2, -0.15) is 0 Å². The highest BCUT2D eigenvalue weighted by Gasteiger charge is 2.18. The van der Waals surface area contributed by atoms with Gasteiger partial charge in [-0.05, 0) is 85.3 Å². The Morgan fingerprint density at radius 2 is 1.67 bits per heavy atom. The number of fused-ring (bicyclic) bond motifs is 1. The van der Waals surface area contributed by atoms with E-state index in [0.717, 1.165) is 49.2 Å². The van der Waals surface area contributed by atoms with Gasteiger partial charge in [0.25, 0.3) is 0 Å². The molecule has 0 aliphatic heterocycles. The number of aryl methyl sites for hydroxylation is 1. The number of methoxy groups -OCH3 is 2. The van der Waals surface area contributed by atoms with Gasteiger partial charge >= 0.3 is 0 Å². The third kappa shape index (κ3) is 5.86. The number of thiazole rings is 1. The molecule has 10 heteroatoms. The summed E-state index contributed by atoms with van der Waals surface area (Å²) in [5, 5.41) is 13.4. The fourth-order valence-corrected chi connectivity index (χ4v) is 6.28. The lowest BCUT2D eigenvalue weighted by atomic mass is 10.2. The number of nitrogens with zero attached hydrogens (tertiary/aromatic N) is 4. The Hall–Kier alpha value is -4.67. The van der Waals surface area contributed by atoms with Crippen LogP contribution >= 0.6 is 23.1 Å². The standard InChI is InChI=1S/C32H27N5O3S2/c1-20-7-16-27-28(17-20)42-31(34-27)21-8-10-23(11-9-21)33-29(38)19-41-32-36-35-30(22-5-4-6-26(18-22)40-3)37(32)24-12-14-25(39-2)15-13-24/h4-18H,19H2,1-3H3,(H,33,38). The molecule has 1 amide bonds. The molecule has 0 saturated heterocycles. The molecular formula is C32H27N5O3S2. The van der Waals surface area contributed by atoms with E-state index in [2.05, 4.69) is 34.6 Å². The number of ether oxygens (including phenoxy) is 2. The van der Waals surface area contributed by atoms with Crippen LogP contribution in [0.1, 0.15) is 5.56 Å². The van der Waals surface area contributed by atoms with E-state index >= 15 is 0 Å². The summed E-state index contributed by atoms with van der Waals surface area (Å²) >= 11 is 2.98. The molecule has 0 radical (unpaired) electrons. The lowest BCUT2D eigenvalue weighted by molar-refractivity contribution is -0.113. The third-order valence-corrected chi connectivity index (χ3v) is 8.58. The quantitative estimate of drug-likeness (QED) is 0.176. The number of rotatable bonds is 9. The zero-order valence-corrected chi connectivity index (χ0v) is 24.8. The second kappa shape index (κ2) is 12.1. The molecule has 6 rings (SSSR count). The third-order valence-electron chi connectivity index (χ3n) is 6.58. The number of thioether (sulfide) groups is 1. The van der Waals surface area contributed by atoms with Crippen molar-refractivity contribution in [3.63, 3.8) is 0 Å². The van der Waals surface area contributed by atoms with Crippen molar-refractivity contribution < 1.29 is 14.3 Å². The second-order valence-corrected chi connectivity index (χ2v) is 11.4. The molecule has 0 aliphatic carbocycles. The monoisotopic (exact) mass is 593 g/mol. The fourth-order valence-electron chi connectivity index (χ4n) is 4.46. The van der Waals surface area contributed by atoms with Crippen LogP contribution in [0.15, 0.2) is 96.2 Å². The molecule has 0 fully saturated rings. The number of amides is 1. The summed E-state index contributed by atoms with van der Waals surface area (Å²) in [5.74, 6) is 2.12. The lowest BCUT2D eigenvalue weighted by Crippen LogP contribution is -2.14. The van der Waals surface area contributed by atoms with E-state index in [1.54, 1.807) is 25.6 Å². The molecular weight excluding hydrogens is 567 g/mol. The van der Waals surface area contributed by atoms with Crippen molar-refractivity contribution in [3.05, 3.63) is 96.6 Å². The van der Waals surface area contributed by atoms with E-state index in [1.807, 2.05) is 83.4 Å². The van der Waals surface area contributed by atoms with Crippen LogP contribution in [-0.2, 0) is 4.79 Å². The first-order valence-corrected chi connectivity index (χ1v) is 15.0. The summed E-state index contributed by atoms with van der Waals surface area (Å²) in [6, 6.07) is 29.3. The van der Waals surface area contributed by atoms with Crippen LogP contribution in [0.4, 0.5) is 5.69 Å². The van der Waals surface area contributed by atoms with Gasteiger partial charge in [-0.3, -0.25) is 9.36 Å². The van der Waals surface area contributed by atoms with Gasteiger partial charge in [-0.25, -0.2) is 4.98 Å². The summed E-state index contributed by atoms with van der Waals surface area (Å²) in [7, 11) is 3.26. The van der Waals surface area contributed by atoms with Crippen LogP contribution in [0.5, 0.6) is 11.5 Å². The van der Waals surface area contributed by atoms with E-state index < -0.39 is 0 Å². The van der Waals surface area contributed by atoms with E-state index in [9.17, 15) is 4.79 Å². The average Bonchev–Trinajstić information content (AvgIpc) is 3.65.